The lowest BCUT2D eigenvalue weighted by Crippen LogP contribution is -2.41. The van der Waals surface area contributed by atoms with E-state index in [9.17, 15) is 0 Å². The van der Waals surface area contributed by atoms with Crippen LogP contribution < -0.4 is 5.32 Å². The Bertz CT molecular complexity index is 260. The molecule has 2 fully saturated rings. The molecule has 3 unspecified atom stereocenters. The molecule has 2 saturated carbocycles. The lowest BCUT2D eigenvalue weighted by Gasteiger charge is -2.39. The van der Waals surface area contributed by atoms with Crippen LogP contribution in [0.4, 0.5) is 0 Å². The van der Waals surface area contributed by atoms with E-state index in [1.807, 2.05) is 0 Å². The van der Waals surface area contributed by atoms with E-state index in [0.717, 1.165) is 11.8 Å². The fourth-order valence-electron chi connectivity index (χ4n) is 4.66. The van der Waals surface area contributed by atoms with E-state index < -0.39 is 0 Å². The van der Waals surface area contributed by atoms with Crippen LogP contribution in [0.2, 0.25) is 0 Å². The zero-order valence-corrected chi connectivity index (χ0v) is 13.5. The standard InChI is InChI=1S/C18H35N/c1-4-5-6-7-8-11-18(14-19-15(2)3)13-16-9-10-17(18)12-16/h15-17,19H,4-14H2,1-3H3. The van der Waals surface area contributed by atoms with Crippen LogP contribution in [0.3, 0.4) is 0 Å². The van der Waals surface area contributed by atoms with Crippen molar-refractivity contribution in [2.24, 2.45) is 17.3 Å². The summed E-state index contributed by atoms with van der Waals surface area (Å²) in [6.07, 6.45) is 14.8. The second kappa shape index (κ2) is 7.11. The third-order valence-corrected chi connectivity index (χ3v) is 5.74. The van der Waals surface area contributed by atoms with Gasteiger partial charge in [-0.1, -0.05) is 59.3 Å². The van der Waals surface area contributed by atoms with Gasteiger partial charge in [0.2, 0.25) is 0 Å². The van der Waals surface area contributed by atoms with Crippen LogP contribution in [0.1, 0.15) is 85.0 Å². The maximum absolute atomic E-state index is 3.77. The summed E-state index contributed by atoms with van der Waals surface area (Å²) in [6.45, 7) is 8.19. The highest BCUT2D eigenvalue weighted by Crippen LogP contribution is 2.57. The molecule has 2 aliphatic carbocycles. The van der Waals surface area contributed by atoms with Gasteiger partial charge in [-0.05, 0) is 42.9 Å². The van der Waals surface area contributed by atoms with Crippen molar-refractivity contribution in [3.05, 3.63) is 0 Å². The normalized spacial score (nSPS) is 33.5. The first-order chi connectivity index (χ1) is 9.16. The number of hydrogen-bond acceptors (Lipinski definition) is 1. The fraction of sp³-hybridized carbons (Fsp3) is 1.00. The minimum atomic E-state index is 0.649. The van der Waals surface area contributed by atoms with Gasteiger partial charge >= 0.3 is 0 Å². The molecule has 0 aliphatic heterocycles. The molecular formula is C18H35N. The lowest BCUT2D eigenvalue weighted by molar-refractivity contribution is 0.134. The molecule has 0 spiro atoms. The minimum Gasteiger partial charge on any atom is -0.314 e. The molecule has 0 aromatic heterocycles. The van der Waals surface area contributed by atoms with Gasteiger partial charge in [0.1, 0.15) is 0 Å². The molecule has 0 aromatic carbocycles. The summed E-state index contributed by atoms with van der Waals surface area (Å²) in [5.74, 6) is 2.13. The van der Waals surface area contributed by atoms with Crippen LogP contribution >= 0.6 is 0 Å². The SMILES string of the molecule is CCCCCCCC1(CNC(C)C)CC2CCC1C2. The molecule has 2 bridgehead atoms. The molecule has 0 aromatic rings. The van der Waals surface area contributed by atoms with Crippen molar-refractivity contribution in [2.45, 2.75) is 91.0 Å². The first-order valence-corrected chi connectivity index (χ1v) is 8.89. The molecule has 0 heterocycles. The van der Waals surface area contributed by atoms with E-state index in [-0.39, 0.29) is 0 Å². The molecular weight excluding hydrogens is 230 g/mol. The van der Waals surface area contributed by atoms with Crippen LogP contribution in [0.5, 0.6) is 0 Å². The zero-order chi connectivity index (χ0) is 13.7. The largest absolute Gasteiger partial charge is 0.314 e. The van der Waals surface area contributed by atoms with E-state index in [1.165, 1.54) is 64.3 Å². The van der Waals surface area contributed by atoms with Gasteiger partial charge in [0, 0.05) is 12.6 Å². The fourth-order valence-corrected chi connectivity index (χ4v) is 4.66. The first kappa shape index (κ1) is 15.4. The van der Waals surface area contributed by atoms with Crippen LogP contribution in [-0.2, 0) is 0 Å². The number of rotatable bonds is 9. The van der Waals surface area contributed by atoms with Gasteiger partial charge in [-0.25, -0.2) is 0 Å². The molecule has 19 heavy (non-hydrogen) atoms. The van der Waals surface area contributed by atoms with Gasteiger partial charge < -0.3 is 5.32 Å². The summed E-state index contributed by atoms with van der Waals surface area (Å²) in [4.78, 5) is 0. The Labute approximate surface area is 120 Å². The maximum atomic E-state index is 3.77. The Morgan fingerprint density at radius 1 is 1.11 bits per heavy atom. The van der Waals surface area contributed by atoms with Crippen molar-refractivity contribution in [1.82, 2.24) is 5.32 Å². The monoisotopic (exact) mass is 265 g/mol. The summed E-state index contributed by atoms with van der Waals surface area (Å²) in [6, 6.07) is 0.649. The number of nitrogens with one attached hydrogen (secondary N) is 1. The van der Waals surface area contributed by atoms with Gasteiger partial charge in [0.25, 0.3) is 0 Å². The zero-order valence-electron chi connectivity index (χ0n) is 13.5. The molecule has 2 aliphatic rings. The van der Waals surface area contributed by atoms with Gasteiger partial charge in [0.05, 0.1) is 0 Å². The highest BCUT2D eigenvalue weighted by atomic mass is 14.9. The van der Waals surface area contributed by atoms with Crippen molar-refractivity contribution in [3.8, 4) is 0 Å². The molecule has 1 nitrogen and oxygen atoms in total. The van der Waals surface area contributed by atoms with Crippen molar-refractivity contribution in [1.29, 1.82) is 0 Å². The number of hydrogen-bond donors (Lipinski definition) is 1. The highest BCUT2D eigenvalue weighted by molar-refractivity contribution is 5.01. The van der Waals surface area contributed by atoms with Crippen molar-refractivity contribution < 1.29 is 0 Å². The molecule has 1 heteroatoms. The predicted molar refractivity (Wildman–Crippen MR) is 84.4 cm³/mol. The average molecular weight is 265 g/mol. The summed E-state index contributed by atoms with van der Waals surface area (Å²) in [7, 11) is 0. The van der Waals surface area contributed by atoms with E-state index >= 15 is 0 Å². The first-order valence-electron chi connectivity index (χ1n) is 8.89. The van der Waals surface area contributed by atoms with Crippen LogP contribution in [0.25, 0.3) is 0 Å². The molecule has 1 N–H and O–H groups in total. The predicted octanol–water partition coefficient (Wildman–Crippen LogP) is 5.15. The molecule has 0 radical (unpaired) electrons. The molecule has 0 saturated heterocycles. The van der Waals surface area contributed by atoms with Crippen LogP contribution in [0.15, 0.2) is 0 Å². The summed E-state index contributed by atoms with van der Waals surface area (Å²) in [5.41, 5.74) is 0.680. The summed E-state index contributed by atoms with van der Waals surface area (Å²) < 4.78 is 0. The lowest BCUT2D eigenvalue weighted by atomic mass is 9.69. The third-order valence-electron chi connectivity index (χ3n) is 5.74. The molecule has 0 amide bonds. The Balaban J connectivity index is 1.81. The Morgan fingerprint density at radius 2 is 1.89 bits per heavy atom. The smallest absolute Gasteiger partial charge is 0.00129 e. The van der Waals surface area contributed by atoms with Gasteiger partial charge in [-0.3, -0.25) is 0 Å². The van der Waals surface area contributed by atoms with E-state index in [1.54, 1.807) is 6.42 Å². The van der Waals surface area contributed by atoms with Crippen LogP contribution in [0, 0.1) is 17.3 Å². The Hall–Kier alpha value is -0.0400. The van der Waals surface area contributed by atoms with Crippen molar-refractivity contribution in [3.63, 3.8) is 0 Å². The van der Waals surface area contributed by atoms with Crippen molar-refractivity contribution >= 4 is 0 Å². The molecule has 112 valence electrons. The quantitative estimate of drug-likeness (QED) is 0.568. The van der Waals surface area contributed by atoms with Gasteiger partial charge in [-0.2, -0.15) is 0 Å². The Morgan fingerprint density at radius 3 is 2.47 bits per heavy atom. The second-order valence-corrected chi connectivity index (χ2v) is 7.64. The van der Waals surface area contributed by atoms with Crippen LogP contribution in [-0.4, -0.2) is 12.6 Å². The molecule has 3 atom stereocenters. The summed E-state index contributed by atoms with van der Waals surface area (Å²) >= 11 is 0. The summed E-state index contributed by atoms with van der Waals surface area (Å²) in [5, 5.41) is 3.77. The number of unbranched alkanes of at least 4 members (excludes halogenated alkanes) is 4. The minimum absolute atomic E-state index is 0.649. The van der Waals surface area contributed by atoms with E-state index in [4.69, 9.17) is 0 Å². The van der Waals surface area contributed by atoms with Gasteiger partial charge in [-0.15, -0.1) is 0 Å². The maximum Gasteiger partial charge on any atom is 0.00129 e. The van der Waals surface area contributed by atoms with E-state index in [2.05, 4.69) is 26.1 Å². The molecule has 2 rings (SSSR count). The van der Waals surface area contributed by atoms with Crippen molar-refractivity contribution in [2.75, 3.05) is 6.54 Å². The Kier molecular flexibility index (Phi) is 5.74. The van der Waals surface area contributed by atoms with Gasteiger partial charge in [0.15, 0.2) is 0 Å². The average Bonchev–Trinajstić information content (AvgIpc) is 2.97. The third kappa shape index (κ3) is 3.97. The topological polar surface area (TPSA) is 12.0 Å². The number of fused-ring (bicyclic) bond motifs is 2. The highest BCUT2D eigenvalue weighted by Gasteiger charge is 2.49. The van der Waals surface area contributed by atoms with E-state index in [0.29, 0.717) is 11.5 Å². The second-order valence-electron chi connectivity index (χ2n) is 7.64.